The number of hydrogen-bond donors (Lipinski definition) is 2. The zero-order chi connectivity index (χ0) is 14.6. The molecule has 0 spiro atoms. The third-order valence-corrected chi connectivity index (χ3v) is 3.59. The van der Waals surface area contributed by atoms with Crippen molar-refractivity contribution in [2.24, 2.45) is 0 Å². The lowest BCUT2D eigenvalue weighted by Crippen LogP contribution is -2.26. The van der Waals surface area contributed by atoms with Crippen LogP contribution in [-0.2, 0) is 14.3 Å². The minimum Gasteiger partial charge on any atom is -0.481 e. The summed E-state index contributed by atoms with van der Waals surface area (Å²) >= 11 is 0. The second-order valence-electron chi connectivity index (χ2n) is 5.44. The highest BCUT2D eigenvalue weighted by Crippen LogP contribution is 2.20. The number of carboxylic acids is 1. The Morgan fingerprint density at radius 1 is 1.05 bits per heavy atom. The second-order valence-corrected chi connectivity index (χ2v) is 5.44. The molecular weight excluding hydrogens is 258 g/mol. The van der Waals surface area contributed by atoms with Gasteiger partial charge in [-0.15, -0.1) is 0 Å². The van der Waals surface area contributed by atoms with Crippen LogP contribution in [0.4, 0.5) is 0 Å². The molecule has 20 heavy (non-hydrogen) atoms. The van der Waals surface area contributed by atoms with E-state index in [-0.39, 0.29) is 12.3 Å². The molecule has 1 fully saturated rings. The van der Waals surface area contributed by atoms with Crippen LogP contribution in [0.3, 0.4) is 0 Å². The van der Waals surface area contributed by atoms with Crippen molar-refractivity contribution in [1.29, 1.82) is 0 Å². The van der Waals surface area contributed by atoms with E-state index in [4.69, 9.17) is 9.84 Å². The topological polar surface area (TPSA) is 75.6 Å². The Kier molecular flexibility index (Phi) is 9.04. The van der Waals surface area contributed by atoms with Crippen LogP contribution in [0.25, 0.3) is 0 Å². The highest BCUT2D eigenvalue weighted by molar-refractivity contribution is 5.75. The molecule has 0 aromatic rings. The first kappa shape index (κ1) is 17.0. The summed E-state index contributed by atoms with van der Waals surface area (Å²) in [5, 5.41) is 11.3. The van der Waals surface area contributed by atoms with Crippen molar-refractivity contribution in [3.8, 4) is 0 Å². The predicted molar refractivity (Wildman–Crippen MR) is 76.6 cm³/mol. The van der Waals surface area contributed by atoms with E-state index in [1.54, 1.807) is 0 Å². The van der Waals surface area contributed by atoms with Crippen LogP contribution >= 0.6 is 0 Å². The molecule has 1 aliphatic rings. The summed E-state index contributed by atoms with van der Waals surface area (Å²) in [7, 11) is 0. The normalized spacial score (nSPS) is 16.0. The maximum Gasteiger partial charge on any atom is 0.303 e. The van der Waals surface area contributed by atoms with Crippen molar-refractivity contribution in [2.45, 2.75) is 70.3 Å². The first-order valence-corrected chi connectivity index (χ1v) is 7.78. The number of hydrogen-bond acceptors (Lipinski definition) is 3. The van der Waals surface area contributed by atoms with Crippen LogP contribution in [0.2, 0.25) is 0 Å². The maximum absolute atomic E-state index is 11.5. The smallest absolute Gasteiger partial charge is 0.303 e. The van der Waals surface area contributed by atoms with Crippen molar-refractivity contribution in [2.75, 3.05) is 13.2 Å². The molecule has 1 saturated carbocycles. The monoisotopic (exact) mass is 285 g/mol. The molecule has 1 rings (SSSR count). The zero-order valence-electron chi connectivity index (χ0n) is 12.2. The molecule has 0 aromatic heterocycles. The summed E-state index contributed by atoms with van der Waals surface area (Å²) < 4.78 is 5.77. The molecule has 5 heteroatoms. The number of carboxylic acid groups (broad SMARTS) is 1. The van der Waals surface area contributed by atoms with Crippen LogP contribution in [0.1, 0.15) is 64.2 Å². The molecule has 0 saturated heterocycles. The van der Waals surface area contributed by atoms with E-state index in [0.717, 1.165) is 6.42 Å². The Balaban J connectivity index is 1.87. The lowest BCUT2D eigenvalue weighted by molar-refractivity contribution is -0.137. The third kappa shape index (κ3) is 8.91. The van der Waals surface area contributed by atoms with Crippen molar-refractivity contribution in [3.63, 3.8) is 0 Å². The molecule has 0 heterocycles. The van der Waals surface area contributed by atoms with Gasteiger partial charge in [0.1, 0.15) is 0 Å². The molecule has 0 aliphatic heterocycles. The molecule has 1 amide bonds. The van der Waals surface area contributed by atoms with Gasteiger partial charge in [-0.3, -0.25) is 9.59 Å². The Morgan fingerprint density at radius 3 is 2.45 bits per heavy atom. The molecule has 0 radical (unpaired) electrons. The number of rotatable bonds is 10. The van der Waals surface area contributed by atoms with Gasteiger partial charge in [0.2, 0.25) is 5.91 Å². The van der Waals surface area contributed by atoms with Crippen LogP contribution in [-0.4, -0.2) is 36.2 Å². The summed E-state index contributed by atoms with van der Waals surface area (Å²) in [5.41, 5.74) is 0. The minimum atomic E-state index is -0.801. The lowest BCUT2D eigenvalue weighted by Gasteiger charge is -2.21. The van der Waals surface area contributed by atoms with E-state index in [9.17, 15) is 9.59 Å². The fourth-order valence-corrected chi connectivity index (χ4v) is 2.43. The summed E-state index contributed by atoms with van der Waals surface area (Å²) in [4.78, 5) is 21.8. The molecule has 5 nitrogen and oxygen atoms in total. The lowest BCUT2D eigenvalue weighted by atomic mass is 9.98. The van der Waals surface area contributed by atoms with Crippen LogP contribution in [0.15, 0.2) is 0 Å². The molecule has 0 atom stereocenters. The maximum atomic E-state index is 11.5. The Bertz CT molecular complexity index is 288. The fraction of sp³-hybridized carbons (Fsp3) is 0.867. The van der Waals surface area contributed by atoms with E-state index >= 15 is 0 Å². The zero-order valence-corrected chi connectivity index (χ0v) is 12.2. The van der Waals surface area contributed by atoms with E-state index in [1.165, 1.54) is 32.1 Å². The molecule has 0 unspecified atom stereocenters. The first-order valence-electron chi connectivity index (χ1n) is 7.78. The standard InChI is InChI=1S/C15H27NO4/c17-14(9-4-5-10-15(18)19)16-11-6-12-20-13-7-2-1-3-8-13/h13H,1-12H2,(H,16,17)(H,18,19). The Hall–Kier alpha value is -1.10. The second kappa shape index (κ2) is 10.7. The molecular formula is C15H27NO4. The van der Waals surface area contributed by atoms with Gasteiger partial charge in [0.05, 0.1) is 6.10 Å². The van der Waals surface area contributed by atoms with E-state index in [0.29, 0.717) is 38.5 Å². The van der Waals surface area contributed by atoms with Crippen LogP contribution in [0, 0.1) is 0 Å². The van der Waals surface area contributed by atoms with Crippen molar-refractivity contribution < 1.29 is 19.4 Å². The number of ether oxygens (including phenoxy) is 1. The van der Waals surface area contributed by atoms with Crippen LogP contribution < -0.4 is 5.32 Å². The van der Waals surface area contributed by atoms with Gasteiger partial charge < -0.3 is 15.2 Å². The van der Waals surface area contributed by atoms with Crippen molar-refractivity contribution in [3.05, 3.63) is 0 Å². The highest BCUT2D eigenvalue weighted by atomic mass is 16.5. The molecule has 116 valence electrons. The average Bonchev–Trinajstić information content (AvgIpc) is 2.44. The van der Waals surface area contributed by atoms with Gasteiger partial charge in [-0.25, -0.2) is 0 Å². The van der Waals surface area contributed by atoms with Crippen molar-refractivity contribution >= 4 is 11.9 Å². The average molecular weight is 285 g/mol. The number of carbonyl (C=O) groups excluding carboxylic acids is 1. The quantitative estimate of drug-likeness (QED) is 0.605. The first-order chi connectivity index (χ1) is 9.68. The summed E-state index contributed by atoms with van der Waals surface area (Å²) in [6, 6.07) is 0. The minimum absolute atomic E-state index is 0.00746. The number of unbranched alkanes of at least 4 members (excludes halogenated alkanes) is 1. The van der Waals surface area contributed by atoms with Gasteiger partial charge in [0.15, 0.2) is 0 Å². The van der Waals surface area contributed by atoms with E-state index in [1.807, 2.05) is 0 Å². The van der Waals surface area contributed by atoms with Gasteiger partial charge in [-0.05, 0) is 32.1 Å². The highest BCUT2D eigenvalue weighted by Gasteiger charge is 2.13. The molecule has 0 bridgehead atoms. The molecule has 0 aromatic carbocycles. The SMILES string of the molecule is O=C(O)CCCCC(=O)NCCCOC1CCCCC1. The Morgan fingerprint density at radius 2 is 1.75 bits per heavy atom. The van der Waals surface area contributed by atoms with Crippen LogP contribution in [0.5, 0.6) is 0 Å². The van der Waals surface area contributed by atoms with Gasteiger partial charge >= 0.3 is 5.97 Å². The van der Waals surface area contributed by atoms with E-state index < -0.39 is 5.97 Å². The number of aliphatic carboxylic acids is 1. The fourth-order valence-electron chi connectivity index (χ4n) is 2.43. The third-order valence-electron chi connectivity index (χ3n) is 3.59. The largest absolute Gasteiger partial charge is 0.481 e. The van der Waals surface area contributed by atoms with Gasteiger partial charge in [-0.2, -0.15) is 0 Å². The van der Waals surface area contributed by atoms with Crippen molar-refractivity contribution in [1.82, 2.24) is 5.32 Å². The number of nitrogens with one attached hydrogen (secondary N) is 1. The van der Waals surface area contributed by atoms with E-state index in [2.05, 4.69) is 5.32 Å². The molecule has 2 N–H and O–H groups in total. The Labute approximate surface area is 121 Å². The van der Waals surface area contributed by atoms with Gasteiger partial charge in [0.25, 0.3) is 0 Å². The summed E-state index contributed by atoms with van der Waals surface area (Å²) in [6.45, 7) is 1.36. The number of amides is 1. The molecule has 1 aliphatic carbocycles. The number of carbonyl (C=O) groups is 2. The van der Waals surface area contributed by atoms with Gasteiger partial charge in [0, 0.05) is 26.0 Å². The predicted octanol–water partition coefficient (Wildman–Crippen LogP) is 2.49. The van der Waals surface area contributed by atoms with Gasteiger partial charge in [-0.1, -0.05) is 19.3 Å². The summed E-state index contributed by atoms with van der Waals surface area (Å²) in [6.07, 6.45) is 9.26. The summed E-state index contributed by atoms with van der Waals surface area (Å²) in [5.74, 6) is -0.793.